The highest BCUT2D eigenvalue weighted by Gasteiger charge is 2.29. The Morgan fingerprint density at radius 1 is 1.25 bits per heavy atom. The van der Waals surface area contributed by atoms with Gasteiger partial charge in [0.15, 0.2) is 0 Å². The third kappa shape index (κ3) is 2.81. The van der Waals surface area contributed by atoms with Crippen LogP contribution in [0.1, 0.15) is 10.4 Å². The number of halogens is 2. The van der Waals surface area contributed by atoms with E-state index in [2.05, 4.69) is 0 Å². The maximum absolute atomic E-state index is 13.5. The smallest absolute Gasteiger partial charge is 0.283 e. The van der Waals surface area contributed by atoms with Gasteiger partial charge in [-0.3, -0.25) is 14.9 Å². The number of anilines is 2. The molecule has 8 heteroatoms. The van der Waals surface area contributed by atoms with Crippen molar-refractivity contribution in [3.05, 3.63) is 61.5 Å². The van der Waals surface area contributed by atoms with E-state index in [0.29, 0.717) is 28.0 Å². The van der Waals surface area contributed by atoms with Crippen molar-refractivity contribution in [2.75, 3.05) is 29.9 Å². The van der Waals surface area contributed by atoms with E-state index in [1.54, 1.807) is 12.1 Å². The zero-order valence-corrected chi connectivity index (χ0v) is 14.9. The van der Waals surface area contributed by atoms with Gasteiger partial charge in [0.2, 0.25) is 0 Å². The molecule has 0 radical (unpaired) electrons. The van der Waals surface area contributed by atoms with E-state index in [-0.39, 0.29) is 23.0 Å². The Kier molecular flexibility index (Phi) is 4.39. The second kappa shape index (κ2) is 6.34. The van der Waals surface area contributed by atoms with Gasteiger partial charge in [-0.1, -0.05) is 6.07 Å². The molecule has 0 bridgehead atoms. The van der Waals surface area contributed by atoms with Gasteiger partial charge >= 0.3 is 0 Å². The molecular weight excluding hydrogens is 428 g/mol. The average Bonchev–Trinajstić information content (AvgIpc) is 2.55. The molecule has 0 saturated carbocycles. The van der Waals surface area contributed by atoms with Crippen molar-refractivity contribution >= 4 is 45.6 Å². The van der Waals surface area contributed by atoms with Crippen molar-refractivity contribution in [3.8, 4) is 0 Å². The largest absolute Gasteiger partial charge is 0.371 e. The fraction of sp³-hybridized carbons (Fsp3) is 0.188. The van der Waals surface area contributed by atoms with E-state index in [1.807, 2.05) is 34.5 Å². The maximum Gasteiger partial charge on any atom is 0.283 e. The maximum atomic E-state index is 13.5. The lowest BCUT2D eigenvalue weighted by molar-refractivity contribution is -0.385. The molecule has 0 aromatic heterocycles. The first-order chi connectivity index (χ1) is 11.4. The number of likely N-dealkylation sites (N-methyl/N-ethyl adjacent to an activating group) is 1. The number of carbonyl (C=O) groups excluding carboxylic acids is 1. The van der Waals surface area contributed by atoms with Gasteiger partial charge in [0.05, 0.1) is 21.9 Å². The molecule has 0 spiro atoms. The highest BCUT2D eigenvalue weighted by Crippen LogP contribution is 2.35. The molecule has 124 valence electrons. The summed E-state index contributed by atoms with van der Waals surface area (Å²) in [5, 5.41) is 11.1. The summed E-state index contributed by atoms with van der Waals surface area (Å²) < 4.78 is 13.8. The van der Waals surface area contributed by atoms with Gasteiger partial charge in [0, 0.05) is 26.2 Å². The first kappa shape index (κ1) is 16.6. The molecule has 1 aliphatic rings. The Balaban J connectivity index is 2.05. The van der Waals surface area contributed by atoms with E-state index in [1.165, 1.54) is 29.2 Å². The van der Waals surface area contributed by atoms with Gasteiger partial charge in [-0.25, -0.2) is 4.39 Å². The van der Waals surface area contributed by atoms with Crippen LogP contribution in [0.15, 0.2) is 36.4 Å². The van der Waals surface area contributed by atoms with Gasteiger partial charge in [0.25, 0.3) is 11.6 Å². The molecule has 1 amide bonds. The molecule has 2 aromatic carbocycles. The summed E-state index contributed by atoms with van der Waals surface area (Å²) >= 11 is 1.82. The number of nitrogens with zero attached hydrogens (tertiary/aromatic N) is 3. The second-order valence-corrected chi connectivity index (χ2v) is 6.49. The van der Waals surface area contributed by atoms with Crippen molar-refractivity contribution in [3.63, 3.8) is 0 Å². The first-order valence-corrected chi connectivity index (χ1v) is 8.23. The number of carbonyl (C=O) groups is 1. The van der Waals surface area contributed by atoms with Crippen LogP contribution in [0.5, 0.6) is 0 Å². The Morgan fingerprint density at radius 3 is 2.71 bits per heavy atom. The molecule has 0 fully saturated rings. The van der Waals surface area contributed by atoms with E-state index in [0.717, 1.165) is 0 Å². The summed E-state index contributed by atoms with van der Waals surface area (Å²) in [6.07, 6.45) is 0. The molecule has 6 nitrogen and oxygen atoms in total. The Bertz CT molecular complexity index is 843. The Morgan fingerprint density at radius 2 is 2.00 bits per heavy atom. The lowest BCUT2D eigenvalue weighted by Gasteiger charge is -2.35. The van der Waals surface area contributed by atoms with Crippen LogP contribution in [0.25, 0.3) is 0 Å². The number of hydrogen-bond donors (Lipinski definition) is 0. The van der Waals surface area contributed by atoms with Crippen LogP contribution in [-0.2, 0) is 0 Å². The van der Waals surface area contributed by atoms with Crippen LogP contribution >= 0.6 is 22.6 Å². The topological polar surface area (TPSA) is 66.7 Å². The fourth-order valence-corrected chi connectivity index (χ4v) is 3.49. The number of hydrogen-bond acceptors (Lipinski definition) is 4. The van der Waals surface area contributed by atoms with Crippen molar-refractivity contribution in [2.45, 2.75) is 0 Å². The third-order valence-electron chi connectivity index (χ3n) is 3.95. The summed E-state index contributed by atoms with van der Waals surface area (Å²) in [5.41, 5.74) is 1.38. The minimum atomic E-state index is -0.508. The predicted octanol–water partition coefficient (Wildman–Crippen LogP) is 3.44. The molecule has 0 aliphatic carbocycles. The van der Waals surface area contributed by atoms with Crippen LogP contribution < -0.4 is 9.80 Å². The number of amides is 1. The van der Waals surface area contributed by atoms with Crippen LogP contribution in [0.4, 0.5) is 21.5 Å². The molecule has 3 rings (SSSR count). The molecule has 2 aromatic rings. The molecule has 1 heterocycles. The van der Waals surface area contributed by atoms with Crippen LogP contribution in [0.2, 0.25) is 0 Å². The zero-order chi connectivity index (χ0) is 17.4. The highest BCUT2D eigenvalue weighted by molar-refractivity contribution is 14.1. The minimum Gasteiger partial charge on any atom is -0.371 e. The monoisotopic (exact) mass is 441 g/mol. The number of nitro benzene ring substituents is 1. The summed E-state index contributed by atoms with van der Waals surface area (Å²) in [6.45, 7) is 0.973. The van der Waals surface area contributed by atoms with Crippen LogP contribution in [0.3, 0.4) is 0 Å². The summed E-state index contributed by atoms with van der Waals surface area (Å²) in [4.78, 5) is 26.9. The van der Waals surface area contributed by atoms with Gasteiger partial charge in [0.1, 0.15) is 9.39 Å². The molecular formula is C16H13FIN3O3. The average molecular weight is 441 g/mol. The lowest BCUT2D eigenvalue weighted by Crippen LogP contribution is -2.43. The number of rotatable bonds is 2. The number of nitro groups is 1. The van der Waals surface area contributed by atoms with Gasteiger partial charge in [-0.15, -0.1) is 0 Å². The van der Waals surface area contributed by atoms with E-state index in [9.17, 15) is 19.3 Å². The summed E-state index contributed by atoms with van der Waals surface area (Å²) in [6, 6.07) is 8.67. The minimum absolute atomic E-state index is 0.102. The van der Waals surface area contributed by atoms with E-state index < -0.39 is 4.92 Å². The number of fused-ring (bicyclic) bond motifs is 1. The molecule has 0 unspecified atom stereocenters. The lowest BCUT2D eigenvalue weighted by atomic mass is 10.1. The molecule has 0 N–H and O–H groups in total. The molecule has 1 aliphatic heterocycles. The van der Waals surface area contributed by atoms with E-state index in [4.69, 9.17) is 0 Å². The molecule has 0 saturated heterocycles. The van der Waals surface area contributed by atoms with Gasteiger partial charge in [-0.2, -0.15) is 0 Å². The van der Waals surface area contributed by atoms with Crippen molar-refractivity contribution in [2.24, 2.45) is 0 Å². The Hall–Kier alpha value is -2.23. The SMILES string of the molecule is CN1CCN(C(=O)c2cccc([N+](=O)[O-])c2I)c2ccc(F)cc21. The first-order valence-electron chi connectivity index (χ1n) is 7.15. The second-order valence-electron chi connectivity index (χ2n) is 5.41. The molecule has 24 heavy (non-hydrogen) atoms. The van der Waals surface area contributed by atoms with Crippen molar-refractivity contribution in [1.29, 1.82) is 0 Å². The van der Waals surface area contributed by atoms with Crippen molar-refractivity contribution in [1.82, 2.24) is 0 Å². The quantitative estimate of drug-likeness (QED) is 0.407. The van der Waals surface area contributed by atoms with Crippen molar-refractivity contribution < 1.29 is 14.1 Å². The highest BCUT2D eigenvalue weighted by atomic mass is 127. The fourth-order valence-electron chi connectivity index (χ4n) is 2.70. The number of benzene rings is 2. The molecule has 0 atom stereocenters. The predicted molar refractivity (Wildman–Crippen MR) is 97.2 cm³/mol. The van der Waals surface area contributed by atoms with E-state index >= 15 is 0 Å². The van der Waals surface area contributed by atoms with Crippen LogP contribution in [0, 0.1) is 19.5 Å². The zero-order valence-electron chi connectivity index (χ0n) is 12.7. The normalized spacial score (nSPS) is 13.6. The van der Waals surface area contributed by atoms with Gasteiger partial charge in [-0.05, 0) is 46.9 Å². The standard InChI is InChI=1S/C16H13FIN3O3/c1-19-7-8-20(12-6-5-10(17)9-14(12)19)16(22)11-3-2-4-13(15(11)18)21(23)24/h2-6,9H,7-8H2,1H3. The summed E-state index contributed by atoms with van der Waals surface area (Å²) in [5.74, 6) is -0.705. The third-order valence-corrected chi connectivity index (χ3v) is 5.08. The van der Waals surface area contributed by atoms with Crippen LogP contribution in [-0.4, -0.2) is 31.0 Å². The van der Waals surface area contributed by atoms with Gasteiger partial charge < -0.3 is 9.80 Å². The Labute approximate surface area is 151 Å². The summed E-state index contributed by atoms with van der Waals surface area (Å²) in [7, 11) is 1.83.